The molecule has 0 bridgehead atoms. The minimum atomic E-state index is -1.15. The predicted molar refractivity (Wildman–Crippen MR) is 113 cm³/mol. The van der Waals surface area contributed by atoms with E-state index in [0.29, 0.717) is 17.0 Å². The van der Waals surface area contributed by atoms with Gasteiger partial charge in [0.2, 0.25) is 0 Å². The van der Waals surface area contributed by atoms with Crippen LogP contribution in [0.1, 0.15) is 36.6 Å². The van der Waals surface area contributed by atoms with E-state index in [0.717, 1.165) is 5.56 Å². The van der Waals surface area contributed by atoms with Crippen molar-refractivity contribution in [2.75, 3.05) is 17.7 Å². The first-order chi connectivity index (χ1) is 14.4. The van der Waals surface area contributed by atoms with Crippen molar-refractivity contribution in [1.82, 2.24) is 0 Å². The van der Waals surface area contributed by atoms with Crippen molar-refractivity contribution < 1.29 is 24.2 Å². The number of aromatic carboxylic acids is 1. The van der Waals surface area contributed by atoms with Crippen molar-refractivity contribution in [3.05, 3.63) is 89.0 Å². The molecular formula is C23H20N2O5. The van der Waals surface area contributed by atoms with E-state index in [2.05, 4.69) is 10.6 Å². The molecule has 2 amide bonds. The summed E-state index contributed by atoms with van der Waals surface area (Å²) in [6.45, 7) is 1.83. The maximum atomic E-state index is 12.7. The highest BCUT2D eigenvalue weighted by molar-refractivity contribution is 6.10. The number of carbonyl (C=O) groups is 3. The van der Waals surface area contributed by atoms with Crippen LogP contribution >= 0.6 is 0 Å². The van der Waals surface area contributed by atoms with Crippen LogP contribution in [0.25, 0.3) is 0 Å². The number of para-hydroxylation sites is 1. The molecule has 0 saturated carbocycles. The zero-order valence-electron chi connectivity index (χ0n) is 16.4. The molecule has 30 heavy (non-hydrogen) atoms. The van der Waals surface area contributed by atoms with Gasteiger partial charge in [0.25, 0.3) is 11.8 Å². The second-order valence-electron chi connectivity index (χ2n) is 6.49. The minimum Gasteiger partial charge on any atom is -0.495 e. The van der Waals surface area contributed by atoms with Gasteiger partial charge < -0.3 is 20.5 Å². The lowest BCUT2D eigenvalue weighted by atomic mass is 10.1. The number of methoxy groups -OCH3 is 1. The first-order valence-electron chi connectivity index (χ1n) is 9.09. The summed E-state index contributed by atoms with van der Waals surface area (Å²) in [6.07, 6.45) is 0. The number of benzene rings is 3. The molecule has 3 rings (SSSR count). The first-order valence-corrected chi connectivity index (χ1v) is 9.09. The van der Waals surface area contributed by atoms with Crippen molar-refractivity contribution in [2.24, 2.45) is 0 Å². The van der Waals surface area contributed by atoms with Crippen LogP contribution in [0.2, 0.25) is 0 Å². The molecule has 152 valence electrons. The predicted octanol–water partition coefficient (Wildman–Crippen LogP) is 4.21. The van der Waals surface area contributed by atoms with Gasteiger partial charge in [-0.25, -0.2) is 4.79 Å². The van der Waals surface area contributed by atoms with Gasteiger partial charge in [0.1, 0.15) is 5.75 Å². The van der Waals surface area contributed by atoms with Crippen LogP contribution in [0.4, 0.5) is 11.4 Å². The zero-order chi connectivity index (χ0) is 21.7. The molecule has 3 aromatic carbocycles. The summed E-state index contributed by atoms with van der Waals surface area (Å²) in [5.41, 5.74) is 2.03. The van der Waals surface area contributed by atoms with E-state index in [1.807, 2.05) is 19.1 Å². The van der Waals surface area contributed by atoms with Crippen molar-refractivity contribution >= 4 is 29.2 Å². The molecule has 0 fully saturated rings. The Balaban J connectivity index is 1.87. The Hall–Kier alpha value is -4.13. The van der Waals surface area contributed by atoms with Crippen LogP contribution in [-0.2, 0) is 0 Å². The molecule has 7 heteroatoms. The summed E-state index contributed by atoms with van der Waals surface area (Å²) < 4.78 is 5.29. The summed E-state index contributed by atoms with van der Waals surface area (Å²) in [5, 5.41) is 14.6. The van der Waals surface area contributed by atoms with E-state index in [-0.39, 0.29) is 22.7 Å². The van der Waals surface area contributed by atoms with Crippen molar-refractivity contribution in [3.8, 4) is 5.75 Å². The highest BCUT2D eigenvalue weighted by Crippen LogP contribution is 2.27. The Morgan fingerprint density at radius 3 is 2.10 bits per heavy atom. The maximum absolute atomic E-state index is 12.7. The highest BCUT2D eigenvalue weighted by Gasteiger charge is 2.16. The van der Waals surface area contributed by atoms with E-state index in [1.165, 1.54) is 31.4 Å². The average Bonchev–Trinajstić information content (AvgIpc) is 2.74. The van der Waals surface area contributed by atoms with Crippen molar-refractivity contribution in [3.63, 3.8) is 0 Å². The fraction of sp³-hybridized carbons (Fsp3) is 0.0870. The molecule has 0 aromatic heterocycles. The summed E-state index contributed by atoms with van der Waals surface area (Å²) in [4.78, 5) is 36.7. The zero-order valence-corrected chi connectivity index (χ0v) is 16.4. The number of hydrogen-bond donors (Lipinski definition) is 3. The summed E-state index contributed by atoms with van der Waals surface area (Å²) >= 11 is 0. The summed E-state index contributed by atoms with van der Waals surface area (Å²) in [5.74, 6) is -1.61. The number of amides is 2. The lowest BCUT2D eigenvalue weighted by molar-refractivity contribution is 0.0697. The Morgan fingerprint density at radius 2 is 1.43 bits per heavy atom. The van der Waals surface area contributed by atoms with E-state index >= 15 is 0 Å². The van der Waals surface area contributed by atoms with Crippen LogP contribution in [0, 0.1) is 6.92 Å². The summed E-state index contributed by atoms with van der Waals surface area (Å²) in [6, 6.07) is 17.8. The van der Waals surface area contributed by atoms with Crippen LogP contribution in [0.3, 0.4) is 0 Å². The maximum Gasteiger partial charge on any atom is 0.337 e. The second-order valence-corrected chi connectivity index (χ2v) is 6.49. The SMILES string of the molecule is COc1ccc(C(=O)Nc2ccccc2C(=O)O)cc1NC(=O)c1ccccc1C. The molecule has 0 spiro atoms. The molecule has 0 unspecified atom stereocenters. The van der Waals surface area contributed by atoms with Crippen LogP contribution in [-0.4, -0.2) is 30.0 Å². The largest absolute Gasteiger partial charge is 0.495 e. The standard InChI is InChI=1S/C23H20N2O5/c1-14-7-3-4-8-16(14)22(27)25-19-13-15(11-12-20(19)30-2)21(26)24-18-10-6-5-9-17(18)23(28)29/h3-13H,1-2H3,(H,24,26)(H,25,27)(H,28,29). The highest BCUT2D eigenvalue weighted by atomic mass is 16.5. The van der Waals surface area contributed by atoms with Gasteiger partial charge in [-0.1, -0.05) is 30.3 Å². The molecule has 7 nitrogen and oxygen atoms in total. The van der Waals surface area contributed by atoms with Gasteiger partial charge in [-0.05, 0) is 48.9 Å². The van der Waals surface area contributed by atoms with E-state index in [4.69, 9.17) is 4.74 Å². The van der Waals surface area contributed by atoms with Crippen LogP contribution in [0.15, 0.2) is 66.7 Å². The molecule has 3 aromatic rings. The molecule has 0 saturated heterocycles. The Bertz CT molecular complexity index is 1120. The van der Waals surface area contributed by atoms with Crippen LogP contribution in [0.5, 0.6) is 5.75 Å². The number of carboxylic acid groups (broad SMARTS) is 1. The Kier molecular flexibility index (Phi) is 6.12. The number of ether oxygens (including phenoxy) is 1. The fourth-order valence-electron chi connectivity index (χ4n) is 2.94. The Morgan fingerprint density at radius 1 is 0.800 bits per heavy atom. The fourth-order valence-corrected chi connectivity index (χ4v) is 2.94. The number of carboxylic acids is 1. The smallest absolute Gasteiger partial charge is 0.337 e. The molecule has 0 atom stereocenters. The van der Waals surface area contributed by atoms with E-state index in [9.17, 15) is 19.5 Å². The topological polar surface area (TPSA) is 105 Å². The van der Waals surface area contributed by atoms with Gasteiger partial charge >= 0.3 is 5.97 Å². The number of hydrogen-bond acceptors (Lipinski definition) is 4. The van der Waals surface area contributed by atoms with E-state index < -0.39 is 11.9 Å². The summed E-state index contributed by atoms with van der Waals surface area (Å²) in [7, 11) is 1.46. The number of nitrogens with one attached hydrogen (secondary N) is 2. The van der Waals surface area contributed by atoms with Gasteiger partial charge in [0, 0.05) is 11.1 Å². The van der Waals surface area contributed by atoms with Gasteiger partial charge in [-0.15, -0.1) is 0 Å². The van der Waals surface area contributed by atoms with Crippen molar-refractivity contribution in [1.29, 1.82) is 0 Å². The molecule has 0 radical (unpaired) electrons. The lowest BCUT2D eigenvalue weighted by Crippen LogP contribution is -2.17. The van der Waals surface area contributed by atoms with Gasteiger partial charge in [-0.2, -0.15) is 0 Å². The number of rotatable bonds is 6. The number of aryl methyl sites for hydroxylation is 1. The lowest BCUT2D eigenvalue weighted by Gasteiger charge is -2.14. The third-order valence-corrected chi connectivity index (χ3v) is 4.51. The van der Waals surface area contributed by atoms with Gasteiger partial charge in [0.15, 0.2) is 0 Å². The second kappa shape index (κ2) is 8.91. The minimum absolute atomic E-state index is 0.0209. The average molecular weight is 404 g/mol. The number of anilines is 2. The number of carbonyl (C=O) groups excluding carboxylic acids is 2. The molecular weight excluding hydrogens is 384 g/mol. The third-order valence-electron chi connectivity index (χ3n) is 4.51. The molecule has 0 aliphatic carbocycles. The molecule has 0 aliphatic heterocycles. The Labute approximate surface area is 173 Å². The normalized spacial score (nSPS) is 10.2. The monoisotopic (exact) mass is 404 g/mol. The van der Waals surface area contributed by atoms with E-state index in [1.54, 1.807) is 30.3 Å². The van der Waals surface area contributed by atoms with Crippen molar-refractivity contribution in [2.45, 2.75) is 6.92 Å². The van der Waals surface area contributed by atoms with Gasteiger partial charge in [-0.3, -0.25) is 9.59 Å². The quantitative estimate of drug-likeness (QED) is 0.571. The van der Waals surface area contributed by atoms with Crippen LogP contribution < -0.4 is 15.4 Å². The van der Waals surface area contributed by atoms with Gasteiger partial charge in [0.05, 0.1) is 24.0 Å². The molecule has 0 aliphatic rings. The third kappa shape index (κ3) is 4.47. The first kappa shape index (κ1) is 20.6. The molecule has 3 N–H and O–H groups in total. The molecule has 0 heterocycles.